The Hall–Kier alpha value is -2.45. The number of nitrogens with one attached hydrogen (secondary N) is 3. The van der Waals surface area contributed by atoms with Gasteiger partial charge in [-0.1, -0.05) is 19.3 Å². The molecule has 0 heterocycles. The van der Waals surface area contributed by atoms with Gasteiger partial charge in [-0.15, -0.1) is 0 Å². The van der Waals surface area contributed by atoms with Crippen molar-refractivity contribution < 1.29 is 17.6 Å². The highest BCUT2D eigenvalue weighted by Crippen LogP contribution is 2.23. The molecule has 1 aliphatic rings. The molecule has 3 rings (SSSR count). The molecule has 162 valence electrons. The van der Waals surface area contributed by atoms with Crippen LogP contribution in [0.4, 0.5) is 15.8 Å². The van der Waals surface area contributed by atoms with Gasteiger partial charge in [0.25, 0.3) is 5.91 Å². The lowest BCUT2D eigenvalue weighted by atomic mass is 9.95. The van der Waals surface area contributed by atoms with Crippen molar-refractivity contribution in [1.29, 1.82) is 0 Å². The number of rotatable bonds is 7. The first kappa shape index (κ1) is 22.2. The van der Waals surface area contributed by atoms with E-state index in [-0.39, 0.29) is 16.5 Å². The third-order valence-electron chi connectivity index (χ3n) is 5.00. The van der Waals surface area contributed by atoms with E-state index in [2.05, 4.69) is 15.4 Å². The summed E-state index contributed by atoms with van der Waals surface area (Å²) in [5.74, 6) is -1.49. The van der Waals surface area contributed by atoms with Gasteiger partial charge in [0, 0.05) is 23.5 Å². The zero-order valence-corrected chi connectivity index (χ0v) is 18.1. The van der Waals surface area contributed by atoms with Gasteiger partial charge >= 0.3 is 0 Å². The highest BCUT2D eigenvalue weighted by molar-refractivity contribution is 7.89. The smallest absolute Gasteiger partial charge is 0.258 e. The molecule has 0 atom stereocenters. The number of carbonyl (C=O) groups excluding carboxylic acids is 1. The molecule has 1 amide bonds. The molecule has 0 aliphatic heterocycles. The van der Waals surface area contributed by atoms with Gasteiger partial charge in [-0.05, 0) is 69.2 Å². The van der Waals surface area contributed by atoms with Crippen LogP contribution < -0.4 is 15.4 Å². The first-order valence-corrected chi connectivity index (χ1v) is 11.7. The molecule has 2 aromatic rings. The molecule has 0 bridgehead atoms. The van der Waals surface area contributed by atoms with Crippen molar-refractivity contribution in [3.05, 3.63) is 53.8 Å². The molecular weight excluding hydrogens is 405 g/mol. The zero-order valence-electron chi connectivity index (χ0n) is 17.2. The van der Waals surface area contributed by atoms with Crippen molar-refractivity contribution in [3.8, 4) is 0 Å². The molecule has 0 aromatic heterocycles. The van der Waals surface area contributed by atoms with Gasteiger partial charge in [0.05, 0.1) is 10.5 Å². The first-order valence-electron chi connectivity index (χ1n) is 10.2. The minimum absolute atomic E-state index is 0.158. The third kappa shape index (κ3) is 5.79. The Bertz CT molecular complexity index is 985. The van der Waals surface area contributed by atoms with Crippen LogP contribution in [0.2, 0.25) is 0 Å². The van der Waals surface area contributed by atoms with Crippen LogP contribution in [-0.4, -0.2) is 26.4 Å². The van der Waals surface area contributed by atoms with Crippen molar-refractivity contribution >= 4 is 27.3 Å². The monoisotopic (exact) mass is 433 g/mol. The fraction of sp³-hybridized carbons (Fsp3) is 0.409. The molecule has 3 N–H and O–H groups in total. The maximum absolute atomic E-state index is 14.2. The minimum Gasteiger partial charge on any atom is -0.382 e. The number of carbonyl (C=O) groups is 1. The second kappa shape index (κ2) is 9.57. The summed E-state index contributed by atoms with van der Waals surface area (Å²) in [5, 5.41) is 6.12. The summed E-state index contributed by atoms with van der Waals surface area (Å²) in [6.07, 6.45) is 6.07. The van der Waals surface area contributed by atoms with Crippen LogP contribution in [0.1, 0.15) is 56.3 Å². The summed E-state index contributed by atoms with van der Waals surface area (Å²) < 4.78 is 41.3. The fourth-order valence-corrected chi connectivity index (χ4v) is 4.83. The van der Waals surface area contributed by atoms with E-state index in [0.29, 0.717) is 11.7 Å². The molecular formula is C22H28FN3O3S. The van der Waals surface area contributed by atoms with E-state index in [1.807, 2.05) is 12.1 Å². The number of hydrogen-bond acceptors (Lipinski definition) is 4. The summed E-state index contributed by atoms with van der Waals surface area (Å²) >= 11 is 0. The van der Waals surface area contributed by atoms with Gasteiger partial charge in [0.1, 0.15) is 5.82 Å². The van der Waals surface area contributed by atoms with E-state index < -0.39 is 21.7 Å². The topological polar surface area (TPSA) is 87.3 Å². The van der Waals surface area contributed by atoms with Crippen molar-refractivity contribution in [3.63, 3.8) is 0 Å². The van der Waals surface area contributed by atoms with Crippen molar-refractivity contribution in [2.75, 3.05) is 10.6 Å². The number of benzene rings is 2. The summed E-state index contributed by atoms with van der Waals surface area (Å²) in [4.78, 5) is 12.4. The summed E-state index contributed by atoms with van der Waals surface area (Å²) in [6.45, 7) is 3.36. The average molecular weight is 434 g/mol. The van der Waals surface area contributed by atoms with Gasteiger partial charge in [-0.3, -0.25) is 4.79 Å². The highest BCUT2D eigenvalue weighted by Gasteiger charge is 2.20. The lowest BCUT2D eigenvalue weighted by molar-refractivity contribution is 0.102. The van der Waals surface area contributed by atoms with Crippen LogP contribution in [0.3, 0.4) is 0 Å². The Balaban J connectivity index is 1.70. The van der Waals surface area contributed by atoms with E-state index in [4.69, 9.17) is 0 Å². The van der Waals surface area contributed by atoms with Gasteiger partial charge in [0.15, 0.2) is 0 Å². The molecule has 0 spiro atoms. The Kier molecular flexibility index (Phi) is 7.10. The first-order chi connectivity index (χ1) is 14.2. The van der Waals surface area contributed by atoms with Crippen LogP contribution >= 0.6 is 0 Å². The number of hydrogen-bond donors (Lipinski definition) is 3. The molecule has 6 nitrogen and oxygen atoms in total. The molecule has 0 radical (unpaired) electrons. The van der Waals surface area contributed by atoms with E-state index in [1.54, 1.807) is 26.0 Å². The Morgan fingerprint density at radius 3 is 2.27 bits per heavy atom. The SMILES string of the molecule is CC(C)NS(=O)(=O)c1ccc(F)c(C(=O)Nc2ccc(NC3CCCCC3)cc2)c1. The Morgan fingerprint density at radius 1 is 1.00 bits per heavy atom. The fourth-order valence-electron chi connectivity index (χ4n) is 3.55. The second-order valence-electron chi connectivity index (χ2n) is 7.93. The van der Waals surface area contributed by atoms with Crippen molar-refractivity contribution in [2.45, 2.75) is 62.9 Å². The standard InChI is InChI=1S/C22H28FN3O3S/c1-15(2)26-30(28,29)19-12-13-21(23)20(14-19)22(27)25-18-10-8-17(9-11-18)24-16-6-4-3-5-7-16/h8-16,24,26H,3-7H2,1-2H3,(H,25,27). The zero-order chi connectivity index (χ0) is 21.7. The van der Waals surface area contributed by atoms with E-state index in [9.17, 15) is 17.6 Å². The number of halogens is 1. The average Bonchev–Trinajstić information content (AvgIpc) is 2.69. The van der Waals surface area contributed by atoms with E-state index in [0.717, 1.165) is 36.7 Å². The van der Waals surface area contributed by atoms with Gasteiger partial charge in [-0.2, -0.15) is 0 Å². The van der Waals surface area contributed by atoms with Gasteiger partial charge in [0.2, 0.25) is 10.0 Å². The lowest BCUT2D eigenvalue weighted by Crippen LogP contribution is -2.30. The van der Waals surface area contributed by atoms with Crippen LogP contribution in [0, 0.1) is 5.82 Å². The molecule has 8 heteroatoms. The Morgan fingerprint density at radius 2 is 1.63 bits per heavy atom. The summed E-state index contributed by atoms with van der Waals surface area (Å²) in [5.41, 5.74) is 1.15. The molecule has 1 fully saturated rings. The molecule has 30 heavy (non-hydrogen) atoms. The molecule has 0 unspecified atom stereocenters. The number of amides is 1. The largest absolute Gasteiger partial charge is 0.382 e. The van der Waals surface area contributed by atoms with E-state index in [1.165, 1.54) is 19.3 Å². The number of anilines is 2. The minimum atomic E-state index is -3.83. The molecule has 0 saturated heterocycles. The van der Waals surface area contributed by atoms with Crippen LogP contribution in [0.15, 0.2) is 47.4 Å². The normalized spacial score (nSPS) is 15.2. The quantitative estimate of drug-likeness (QED) is 0.600. The molecule has 1 aliphatic carbocycles. The summed E-state index contributed by atoms with van der Waals surface area (Å²) in [6, 6.07) is 10.5. The van der Waals surface area contributed by atoms with Crippen molar-refractivity contribution in [1.82, 2.24) is 4.72 Å². The van der Waals surface area contributed by atoms with E-state index >= 15 is 0 Å². The second-order valence-corrected chi connectivity index (χ2v) is 9.64. The Labute approximate surface area is 177 Å². The van der Waals surface area contributed by atoms with Crippen molar-refractivity contribution in [2.24, 2.45) is 0 Å². The number of sulfonamides is 1. The maximum Gasteiger partial charge on any atom is 0.258 e. The van der Waals surface area contributed by atoms with Crippen LogP contribution in [0.5, 0.6) is 0 Å². The van der Waals surface area contributed by atoms with Gasteiger partial charge in [-0.25, -0.2) is 17.5 Å². The molecule has 2 aromatic carbocycles. The molecule has 1 saturated carbocycles. The highest BCUT2D eigenvalue weighted by atomic mass is 32.2. The van der Waals surface area contributed by atoms with Crippen LogP contribution in [-0.2, 0) is 10.0 Å². The third-order valence-corrected chi connectivity index (χ3v) is 6.66. The lowest BCUT2D eigenvalue weighted by Gasteiger charge is -2.23. The summed E-state index contributed by atoms with van der Waals surface area (Å²) in [7, 11) is -3.83. The van der Waals surface area contributed by atoms with Crippen LogP contribution in [0.25, 0.3) is 0 Å². The predicted octanol–water partition coefficient (Wildman–Crippen LogP) is 4.51. The predicted molar refractivity (Wildman–Crippen MR) is 117 cm³/mol. The van der Waals surface area contributed by atoms with Gasteiger partial charge < -0.3 is 10.6 Å². The maximum atomic E-state index is 14.2.